The van der Waals surface area contributed by atoms with Gasteiger partial charge in [-0.05, 0) is 82.9 Å². The van der Waals surface area contributed by atoms with Crippen LogP contribution in [0.1, 0.15) is 78.8 Å². The maximum atomic E-state index is 14.5. The molecule has 4 heterocycles. The fourth-order valence-corrected chi connectivity index (χ4v) is 9.73. The second-order valence-corrected chi connectivity index (χ2v) is 15.6. The summed E-state index contributed by atoms with van der Waals surface area (Å²) in [6.07, 6.45) is 5.59. The molecule has 1 aromatic carbocycles. The number of likely N-dealkylation sites (tertiary alicyclic amines) is 1. The number of sulfonamides is 1. The number of aromatic nitrogens is 2. The van der Waals surface area contributed by atoms with Crippen LogP contribution in [0.2, 0.25) is 0 Å². The first-order valence-electron chi connectivity index (χ1n) is 16.3. The Balaban J connectivity index is 1.15. The molecule has 3 aliphatic heterocycles. The lowest BCUT2D eigenvalue weighted by Gasteiger charge is -2.52. The average molecular weight is 638 g/mol. The van der Waals surface area contributed by atoms with Crippen LogP contribution in [0.15, 0.2) is 30.6 Å². The van der Waals surface area contributed by atoms with Crippen LogP contribution in [-0.2, 0) is 10.0 Å². The second kappa shape index (κ2) is 12.7. The van der Waals surface area contributed by atoms with Gasteiger partial charge in [-0.3, -0.25) is 14.6 Å². The molecular formula is C33H44FN7O3S. The van der Waals surface area contributed by atoms with E-state index in [9.17, 15) is 22.9 Å². The van der Waals surface area contributed by atoms with E-state index < -0.39 is 15.6 Å². The molecule has 4 fully saturated rings. The standard InChI is InChI=1S/C33H44FN7O3S/c1-23-20-39(33(21-35)11-15-38(16-12-33)32(42)30-24(2)36-22-37-25(30)3)17-18-41(23)31(27-5-4-6-28(34)19-27)26-9-13-40(14-10-26)45(43,44)29-7-8-29/h4-6,19,22-23,26,29,31H,7-18,20H2,1-3H3/t23-,31-/m0/s1. The van der Waals surface area contributed by atoms with E-state index in [-0.39, 0.29) is 35.0 Å². The SMILES string of the molecule is Cc1ncnc(C)c1C(=O)N1CCC(C#N)(N2CCN([C@H](c3cccc(F)c3)C3CCN(S(=O)(=O)C4CC4)CC3)[C@@H](C)C2)CC1. The minimum Gasteiger partial charge on any atom is -0.338 e. The molecule has 1 aliphatic carbocycles. The van der Waals surface area contributed by atoms with Gasteiger partial charge in [-0.25, -0.2) is 27.1 Å². The summed E-state index contributed by atoms with van der Waals surface area (Å²) in [6.45, 7) is 9.90. The molecule has 242 valence electrons. The number of amides is 1. The van der Waals surface area contributed by atoms with Gasteiger partial charge in [-0.15, -0.1) is 0 Å². The topological polar surface area (TPSA) is 114 Å². The number of nitriles is 1. The third-order valence-corrected chi connectivity index (χ3v) is 13.0. The first kappa shape index (κ1) is 32.0. The van der Waals surface area contributed by atoms with Crippen molar-refractivity contribution in [3.05, 3.63) is 58.9 Å². The van der Waals surface area contributed by atoms with E-state index in [4.69, 9.17) is 0 Å². The maximum Gasteiger partial charge on any atom is 0.257 e. The maximum absolute atomic E-state index is 14.5. The predicted molar refractivity (Wildman–Crippen MR) is 168 cm³/mol. The van der Waals surface area contributed by atoms with Crippen molar-refractivity contribution in [2.24, 2.45) is 5.92 Å². The van der Waals surface area contributed by atoms with Gasteiger partial charge in [0.2, 0.25) is 10.0 Å². The molecular weight excluding hydrogens is 593 g/mol. The van der Waals surface area contributed by atoms with Crippen molar-refractivity contribution in [3.63, 3.8) is 0 Å². The number of hydrogen-bond acceptors (Lipinski definition) is 8. The highest BCUT2D eigenvalue weighted by Gasteiger charge is 2.47. The van der Waals surface area contributed by atoms with Crippen LogP contribution in [0.4, 0.5) is 4.39 Å². The highest BCUT2D eigenvalue weighted by Crippen LogP contribution is 2.41. The lowest BCUT2D eigenvalue weighted by atomic mass is 9.82. The molecule has 2 atom stereocenters. The molecule has 6 rings (SSSR count). The van der Waals surface area contributed by atoms with Gasteiger partial charge in [-0.1, -0.05) is 12.1 Å². The van der Waals surface area contributed by atoms with Crippen LogP contribution in [0.3, 0.4) is 0 Å². The van der Waals surface area contributed by atoms with E-state index >= 15 is 0 Å². The number of hydrogen-bond donors (Lipinski definition) is 0. The Morgan fingerprint density at radius 1 is 1.02 bits per heavy atom. The summed E-state index contributed by atoms with van der Waals surface area (Å²) < 4.78 is 42.0. The van der Waals surface area contributed by atoms with E-state index in [0.29, 0.717) is 69.1 Å². The van der Waals surface area contributed by atoms with Gasteiger partial charge in [0, 0.05) is 57.9 Å². The second-order valence-electron chi connectivity index (χ2n) is 13.4. The fourth-order valence-electron chi connectivity index (χ4n) is 7.86. The van der Waals surface area contributed by atoms with E-state index in [2.05, 4.69) is 32.8 Å². The number of carbonyl (C=O) groups excluding carboxylic acids is 1. The van der Waals surface area contributed by atoms with E-state index in [1.807, 2.05) is 24.8 Å². The minimum atomic E-state index is -3.21. The Bertz CT molecular complexity index is 1540. The molecule has 0 spiro atoms. The minimum absolute atomic E-state index is 0.0410. The summed E-state index contributed by atoms with van der Waals surface area (Å²) >= 11 is 0. The quantitative estimate of drug-likeness (QED) is 0.452. The lowest BCUT2D eigenvalue weighted by Crippen LogP contribution is -2.63. The van der Waals surface area contributed by atoms with Gasteiger partial charge in [0.15, 0.2) is 0 Å². The van der Waals surface area contributed by atoms with Gasteiger partial charge < -0.3 is 4.90 Å². The summed E-state index contributed by atoms with van der Waals surface area (Å²) in [5.41, 5.74) is 2.14. The van der Waals surface area contributed by atoms with Crippen LogP contribution in [0.25, 0.3) is 0 Å². The fraction of sp³-hybridized carbons (Fsp3) is 0.636. The zero-order valence-corrected chi connectivity index (χ0v) is 27.3. The molecule has 1 saturated carbocycles. The van der Waals surface area contributed by atoms with Crippen molar-refractivity contribution in [1.29, 1.82) is 5.26 Å². The zero-order chi connectivity index (χ0) is 31.9. The van der Waals surface area contributed by atoms with Gasteiger partial charge in [0.05, 0.1) is 28.3 Å². The van der Waals surface area contributed by atoms with Gasteiger partial charge in [-0.2, -0.15) is 5.26 Å². The average Bonchev–Trinajstić information content (AvgIpc) is 3.89. The third kappa shape index (κ3) is 6.24. The molecule has 3 saturated heterocycles. The molecule has 45 heavy (non-hydrogen) atoms. The van der Waals surface area contributed by atoms with E-state index in [1.165, 1.54) is 12.4 Å². The van der Waals surface area contributed by atoms with Crippen molar-refractivity contribution in [2.75, 3.05) is 45.8 Å². The Hall–Kier alpha value is -2.98. The number of nitrogens with zero attached hydrogens (tertiary/aromatic N) is 7. The normalized spacial score (nSPS) is 24.7. The van der Waals surface area contributed by atoms with Crippen LogP contribution >= 0.6 is 0 Å². The molecule has 0 unspecified atom stereocenters. The number of piperidine rings is 2. The number of carbonyl (C=O) groups is 1. The summed E-state index contributed by atoms with van der Waals surface area (Å²) in [4.78, 5) is 28.4. The molecule has 1 aromatic heterocycles. The Morgan fingerprint density at radius 2 is 1.69 bits per heavy atom. The molecule has 0 N–H and O–H groups in total. The van der Waals surface area contributed by atoms with E-state index in [0.717, 1.165) is 37.8 Å². The summed E-state index contributed by atoms with van der Waals surface area (Å²) in [5.74, 6) is -0.154. The molecule has 2 aromatic rings. The van der Waals surface area contributed by atoms with Crippen LogP contribution < -0.4 is 0 Å². The first-order chi connectivity index (χ1) is 21.5. The number of benzene rings is 1. The van der Waals surface area contributed by atoms with Gasteiger partial charge >= 0.3 is 0 Å². The molecule has 1 amide bonds. The van der Waals surface area contributed by atoms with Crippen molar-refractivity contribution in [2.45, 2.75) is 82.2 Å². The number of halogens is 1. The number of aryl methyl sites for hydroxylation is 2. The molecule has 0 radical (unpaired) electrons. The summed E-state index contributed by atoms with van der Waals surface area (Å²) in [7, 11) is -3.21. The monoisotopic (exact) mass is 637 g/mol. The third-order valence-electron chi connectivity index (χ3n) is 10.6. The van der Waals surface area contributed by atoms with Crippen molar-refractivity contribution in [3.8, 4) is 6.07 Å². The number of rotatable bonds is 7. The Kier molecular flexibility index (Phi) is 9.00. The van der Waals surface area contributed by atoms with Crippen molar-refractivity contribution >= 4 is 15.9 Å². The number of piperazine rings is 1. The Morgan fingerprint density at radius 3 is 2.27 bits per heavy atom. The van der Waals surface area contributed by atoms with Crippen LogP contribution in [-0.4, -0.2) is 106 Å². The summed E-state index contributed by atoms with van der Waals surface area (Å²) in [5, 5.41) is 10.3. The van der Waals surface area contributed by atoms with Crippen molar-refractivity contribution in [1.82, 2.24) is 29.0 Å². The highest BCUT2D eigenvalue weighted by molar-refractivity contribution is 7.90. The van der Waals surface area contributed by atoms with Gasteiger partial charge in [0.1, 0.15) is 17.7 Å². The van der Waals surface area contributed by atoms with Crippen LogP contribution in [0.5, 0.6) is 0 Å². The van der Waals surface area contributed by atoms with Crippen LogP contribution in [0, 0.1) is 36.9 Å². The lowest BCUT2D eigenvalue weighted by molar-refractivity contribution is -0.0295. The predicted octanol–water partition coefficient (Wildman–Crippen LogP) is 3.68. The molecule has 0 bridgehead atoms. The molecule has 10 nitrogen and oxygen atoms in total. The molecule has 4 aliphatic rings. The first-order valence-corrected chi connectivity index (χ1v) is 17.8. The Labute approximate surface area is 266 Å². The largest absolute Gasteiger partial charge is 0.338 e. The zero-order valence-electron chi connectivity index (χ0n) is 26.5. The van der Waals surface area contributed by atoms with E-state index in [1.54, 1.807) is 16.4 Å². The summed E-state index contributed by atoms with van der Waals surface area (Å²) in [6, 6.07) is 9.54. The smallest absolute Gasteiger partial charge is 0.257 e. The highest BCUT2D eigenvalue weighted by atomic mass is 32.2. The van der Waals surface area contributed by atoms with Crippen molar-refractivity contribution < 1.29 is 17.6 Å². The van der Waals surface area contributed by atoms with Gasteiger partial charge in [0.25, 0.3) is 5.91 Å². The molecule has 12 heteroatoms.